The van der Waals surface area contributed by atoms with E-state index < -0.39 is 161 Å². The lowest BCUT2D eigenvalue weighted by Crippen LogP contribution is -2.65. The Morgan fingerprint density at radius 2 is 1.24 bits per heavy atom. The van der Waals surface area contributed by atoms with Crippen LogP contribution in [0.15, 0.2) is 18.2 Å². The van der Waals surface area contributed by atoms with Gasteiger partial charge in [-0.05, 0) is 113 Å². The van der Waals surface area contributed by atoms with Crippen LogP contribution in [0.3, 0.4) is 0 Å². The molecule has 1 spiro atoms. The predicted molar refractivity (Wildman–Crippen MR) is 344 cm³/mol. The summed E-state index contributed by atoms with van der Waals surface area (Å²) in [6.45, 7) is 13.9. The molecule has 2 aliphatic carbocycles. The van der Waals surface area contributed by atoms with Gasteiger partial charge in [0.1, 0.15) is 59.7 Å². The maximum absolute atomic E-state index is 15.2. The average Bonchev–Trinajstić information content (AvgIpc) is 1.20. The van der Waals surface area contributed by atoms with Crippen LogP contribution in [-0.2, 0) is 65.3 Å². The molecule has 3 saturated heterocycles. The maximum Gasteiger partial charge on any atom is 0.419 e. The fourth-order valence-electron chi connectivity index (χ4n) is 14.2. The lowest BCUT2D eigenvalue weighted by Gasteiger charge is -2.45. The second-order valence-corrected chi connectivity index (χ2v) is 28.1. The molecule has 0 aromatic heterocycles. The number of carbonyl (C=O) groups is 11. The highest BCUT2D eigenvalue weighted by Gasteiger charge is 2.51. The van der Waals surface area contributed by atoms with Crippen molar-refractivity contribution < 1.29 is 70.3 Å². The van der Waals surface area contributed by atoms with Crippen molar-refractivity contribution in [2.75, 3.05) is 61.9 Å². The van der Waals surface area contributed by atoms with Crippen LogP contribution in [0.25, 0.3) is 0 Å². The van der Waals surface area contributed by atoms with Crippen molar-refractivity contribution in [3.8, 4) is 0 Å². The van der Waals surface area contributed by atoms with Crippen LogP contribution in [0.5, 0.6) is 0 Å². The summed E-state index contributed by atoms with van der Waals surface area (Å²) in [5, 5.41) is 8.67. The van der Waals surface area contributed by atoms with Gasteiger partial charge >= 0.3 is 6.18 Å². The van der Waals surface area contributed by atoms with Gasteiger partial charge in [0.05, 0.1) is 12.1 Å². The maximum atomic E-state index is 15.2. The van der Waals surface area contributed by atoms with Gasteiger partial charge in [0, 0.05) is 67.8 Å². The average molecular weight is 1330 g/mol. The zero-order valence-corrected chi connectivity index (χ0v) is 57.9. The second-order valence-electron chi connectivity index (χ2n) is 28.1. The normalized spacial score (nSPS) is 28.2. The van der Waals surface area contributed by atoms with E-state index in [9.17, 15) is 56.3 Å². The Bertz CT molecular complexity index is 2920. The smallest absolute Gasteiger partial charge is 0.343 e. The number of alkyl halides is 3. The van der Waals surface area contributed by atoms with E-state index in [-0.39, 0.29) is 88.3 Å². The fourth-order valence-corrected chi connectivity index (χ4v) is 14.2. The Morgan fingerprint density at radius 1 is 0.617 bits per heavy atom. The molecule has 3 aliphatic heterocycles. The number of nitrogens with zero attached hydrogens (tertiary/aromatic N) is 8. The molecule has 11 atom stereocenters. The Morgan fingerprint density at radius 3 is 1.82 bits per heavy atom. The minimum absolute atomic E-state index is 0.0205. The van der Waals surface area contributed by atoms with Gasteiger partial charge in [-0.3, -0.25) is 52.7 Å². The Hall–Kier alpha value is -6.89. The lowest BCUT2D eigenvalue weighted by atomic mass is 9.84. The number of carbonyl (C=O) groups excluding carboxylic acids is 11. The number of benzene rings is 1. The summed E-state index contributed by atoms with van der Waals surface area (Å²) in [6.07, 6.45) is 2.10. The SMILES string of the molecule is CC[C@H](C)[C@@H]1NC(=O)[C@H](CC(C)C)N(C)C(=O)C[C@@H](C)N(C)C(=O)[C@H]([C@@H](C)CC)N(C)C(=O)C2(CCCC2)NC(=O)[C@@H]2CCCN2C(=O)[C@H](CCc2ccc(C(F)(F)F)c(F)c2)NC(=O)CN(C)C(=O)[C@H](CC2CCCCC2)N(C)C(=O)[C@@H]2CCN2C(=O)[C@H](C)N(C)C1=O. The van der Waals surface area contributed by atoms with E-state index in [1.165, 1.54) is 83.5 Å². The van der Waals surface area contributed by atoms with E-state index in [1.54, 1.807) is 13.8 Å². The van der Waals surface area contributed by atoms with Gasteiger partial charge in [0.15, 0.2) is 0 Å². The van der Waals surface area contributed by atoms with Crippen LogP contribution in [0.1, 0.15) is 182 Å². The molecular formula is C68H105F4N11O11. The standard InChI is InChI=1S/C68H105F4N11O11/c1-15-41(5)56-64(92)78(11)44(8)60(88)83-34-30-51(83)63(91)80(13)53(38-45-23-18-17-19-24-45)62(90)76(9)39-54(84)73-49(29-27-46-26-28-47(48(69)37-46)68(70,71)72)61(89)82-33-22-25-50(82)59(87)75-67(31-20-21-32-67)66(94)81(14)57(42(6)16-2)65(93)77(10)43(7)36-55(85)79(12)52(35-40(3)4)58(86)74-56/h26,28,37,40-45,49-53,56-57H,15-25,27,29-36,38-39H2,1-14H3,(H,73,84)(H,74,86)(H,75,87)/t41-,42-,43+,44-,49-,50-,51-,52-,53-,56-,57-/m0/s1. The number of hydrogen-bond donors (Lipinski definition) is 3. The number of halogens is 4. The van der Waals surface area contributed by atoms with Crippen molar-refractivity contribution >= 4 is 65.0 Å². The Kier molecular flexibility index (Phi) is 26.5. The van der Waals surface area contributed by atoms with Crippen molar-refractivity contribution in [1.82, 2.24) is 55.1 Å². The summed E-state index contributed by atoms with van der Waals surface area (Å²) in [6, 6.07) is -7.65. The molecule has 5 fully saturated rings. The van der Waals surface area contributed by atoms with Gasteiger partial charge < -0.3 is 55.1 Å². The van der Waals surface area contributed by atoms with Gasteiger partial charge in [0.2, 0.25) is 65.0 Å². The van der Waals surface area contributed by atoms with Crippen molar-refractivity contribution in [1.29, 1.82) is 0 Å². The van der Waals surface area contributed by atoms with Crippen molar-refractivity contribution in [2.45, 2.75) is 243 Å². The summed E-state index contributed by atoms with van der Waals surface area (Å²) in [5.74, 6) is -9.17. The molecule has 22 nitrogen and oxygen atoms in total. The van der Waals surface area contributed by atoms with Gasteiger partial charge in [-0.1, -0.05) is 105 Å². The highest BCUT2D eigenvalue weighted by atomic mass is 19.4. The molecule has 3 N–H and O–H groups in total. The number of aryl methyl sites for hydroxylation is 1. The van der Waals surface area contributed by atoms with E-state index in [2.05, 4.69) is 16.0 Å². The first-order valence-electron chi connectivity index (χ1n) is 34.1. The van der Waals surface area contributed by atoms with E-state index >= 15 is 14.0 Å². The molecule has 0 unspecified atom stereocenters. The van der Waals surface area contributed by atoms with Crippen LogP contribution >= 0.6 is 0 Å². The predicted octanol–water partition coefficient (Wildman–Crippen LogP) is 5.91. The van der Waals surface area contributed by atoms with Crippen LogP contribution in [0.4, 0.5) is 17.6 Å². The van der Waals surface area contributed by atoms with Crippen molar-refractivity contribution in [2.24, 2.45) is 23.7 Å². The minimum atomic E-state index is -4.99. The molecule has 1 aromatic carbocycles. The Labute approximate surface area is 552 Å². The first-order valence-corrected chi connectivity index (χ1v) is 34.1. The zero-order chi connectivity index (χ0) is 70.0. The number of hydrogen-bond acceptors (Lipinski definition) is 11. The van der Waals surface area contributed by atoms with E-state index in [1.807, 2.05) is 34.6 Å². The molecule has 26 heteroatoms. The Balaban J connectivity index is 1.40. The lowest BCUT2D eigenvalue weighted by molar-refractivity contribution is -0.160. The first kappa shape index (κ1) is 76.1. The molecule has 11 amide bonds. The van der Waals surface area contributed by atoms with E-state index in [4.69, 9.17) is 0 Å². The van der Waals surface area contributed by atoms with E-state index in [0.717, 1.165) is 43.1 Å². The highest BCUT2D eigenvalue weighted by Crippen LogP contribution is 2.36. The number of nitrogens with one attached hydrogen (secondary N) is 3. The third-order valence-corrected chi connectivity index (χ3v) is 21.1. The second kappa shape index (κ2) is 32.7. The molecule has 0 bridgehead atoms. The summed E-state index contributed by atoms with van der Waals surface area (Å²) < 4.78 is 56.0. The largest absolute Gasteiger partial charge is 0.419 e. The third-order valence-electron chi connectivity index (χ3n) is 21.1. The number of rotatable bonds is 11. The highest BCUT2D eigenvalue weighted by molar-refractivity contribution is 6.00. The van der Waals surface area contributed by atoms with Gasteiger partial charge in [-0.2, -0.15) is 13.2 Å². The number of fused-ring (bicyclic) bond motifs is 2. The van der Waals surface area contributed by atoms with Gasteiger partial charge in [-0.25, -0.2) is 4.39 Å². The summed E-state index contributed by atoms with van der Waals surface area (Å²) in [7, 11) is 8.82. The molecule has 5 aliphatic rings. The van der Waals surface area contributed by atoms with Crippen LogP contribution < -0.4 is 16.0 Å². The molecule has 0 radical (unpaired) electrons. The summed E-state index contributed by atoms with van der Waals surface area (Å²) in [5.41, 5.74) is -2.94. The van der Waals surface area contributed by atoms with Gasteiger partial charge in [-0.15, -0.1) is 0 Å². The fraction of sp³-hybridized carbons (Fsp3) is 0.750. The summed E-state index contributed by atoms with van der Waals surface area (Å²) in [4.78, 5) is 173. The van der Waals surface area contributed by atoms with Crippen LogP contribution in [0.2, 0.25) is 0 Å². The molecule has 94 heavy (non-hydrogen) atoms. The van der Waals surface area contributed by atoms with Crippen LogP contribution in [-0.4, -0.2) is 226 Å². The molecular weight excluding hydrogens is 1220 g/mol. The summed E-state index contributed by atoms with van der Waals surface area (Å²) >= 11 is 0. The molecule has 1 aromatic rings. The molecule has 3 heterocycles. The molecule has 526 valence electrons. The third kappa shape index (κ3) is 17.8. The van der Waals surface area contributed by atoms with E-state index in [0.29, 0.717) is 44.2 Å². The topological polar surface area (TPSA) is 250 Å². The first-order chi connectivity index (χ1) is 44.1. The van der Waals surface area contributed by atoms with Gasteiger partial charge in [0.25, 0.3) is 0 Å². The monoisotopic (exact) mass is 1330 g/mol. The molecule has 2 saturated carbocycles. The number of amides is 11. The van der Waals surface area contributed by atoms with Crippen molar-refractivity contribution in [3.63, 3.8) is 0 Å². The minimum Gasteiger partial charge on any atom is -0.343 e. The quantitative estimate of drug-likeness (QED) is 0.220. The van der Waals surface area contributed by atoms with Crippen LogP contribution in [0, 0.1) is 29.5 Å². The number of likely N-dealkylation sites (N-methyl/N-ethyl adjacent to an activating group) is 6. The van der Waals surface area contributed by atoms with Crippen molar-refractivity contribution in [3.05, 3.63) is 35.1 Å². The molecule has 6 rings (SSSR count). The zero-order valence-electron chi connectivity index (χ0n) is 57.9.